The molecule has 23 heavy (non-hydrogen) atoms. The second-order valence-electron chi connectivity index (χ2n) is 6.03. The summed E-state index contributed by atoms with van der Waals surface area (Å²) in [6.07, 6.45) is -5.12. The van der Waals surface area contributed by atoms with Crippen molar-refractivity contribution in [3.8, 4) is 0 Å². The van der Waals surface area contributed by atoms with Gasteiger partial charge in [-0.05, 0) is 18.4 Å². The lowest BCUT2D eigenvalue weighted by atomic mass is 9.87. The van der Waals surface area contributed by atoms with E-state index in [0.29, 0.717) is 0 Å². The summed E-state index contributed by atoms with van der Waals surface area (Å²) in [4.78, 5) is 12.1. The number of hydrogen-bond donors (Lipinski definition) is 2. The highest BCUT2D eigenvalue weighted by Crippen LogP contribution is 2.37. The Morgan fingerprint density at radius 1 is 1.22 bits per heavy atom. The molecule has 1 rings (SSSR count). The van der Waals surface area contributed by atoms with Crippen LogP contribution in [0.3, 0.4) is 0 Å². The molecule has 1 amide bonds. The molecule has 0 saturated carbocycles. The monoisotopic (exact) mass is 352 g/mol. The Kier molecular flexibility index (Phi) is 8.07. The number of carbonyl (C=O) groups excluding carboxylic acids is 1. The minimum absolute atomic E-state index is 0. The second-order valence-corrected chi connectivity index (χ2v) is 6.03. The Bertz CT molecular complexity index is 494. The topological polar surface area (TPSA) is 55.1 Å². The quantitative estimate of drug-likeness (QED) is 0.821. The zero-order valence-electron chi connectivity index (χ0n) is 13.5. The van der Waals surface area contributed by atoms with Gasteiger partial charge in [-0.1, -0.05) is 44.2 Å². The molecule has 0 aliphatic rings. The first-order chi connectivity index (χ1) is 10.1. The van der Waals surface area contributed by atoms with Gasteiger partial charge >= 0.3 is 6.18 Å². The summed E-state index contributed by atoms with van der Waals surface area (Å²) in [6.45, 7) is 5.64. The van der Waals surface area contributed by atoms with Gasteiger partial charge in [-0.2, -0.15) is 13.2 Å². The van der Waals surface area contributed by atoms with Crippen molar-refractivity contribution in [2.75, 3.05) is 6.54 Å². The molecule has 3 nitrogen and oxygen atoms in total. The summed E-state index contributed by atoms with van der Waals surface area (Å²) in [5.41, 5.74) is 5.02. The third-order valence-electron chi connectivity index (χ3n) is 4.11. The number of carbonyl (C=O) groups is 1. The molecule has 1 aromatic carbocycles. The highest BCUT2D eigenvalue weighted by atomic mass is 35.5. The van der Waals surface area contributed by atoms with Crippen LogP contribution in [-0.2, 0) is 4.79 Å². The van der Waals surface area contributed by atoms with E-state index in [1.54, 1.807) is 13.0 Å². The van der Waals surface area contributed by atoms with Gasteiger partial charge in [-0.15, -0.1) is 12.4 Å². The van der Waals surface area contributed by atoms with E-state index >= 15 is 0 Å². The fourth-order valence-electron chi connectivity index (χ4n) is 2.09. The van der Waals surface area contributed by atoms with Gasteiger partial charge in [0.15, 0.2) is 0 Å². The van der Waals surface area contributed by atoms with Crippen molar-refractivity contribution < 1.29 is 18.0 Å². The van der Waals surface area contributed by atoms with E-state index in [1.165, 1.54) is 24.3 Å². The summed E-state index contributed by atoms with van der Waals surface area (Å²) >= 11 is 0. The van der Waals surface area contributed by atoms with E-state index in [2.05, 4.69) is 5.32 Å². The third-order valence-corrected chi connectivity index (χ3v) is 4.11. The first-order valence-electron chi connectivity index (χ1n) is 7.23. The Balaban J connectivity index is 0.00000484. The van der Waals surface area contributed by atoms with Crippen molar-refractivity contribution in [3.63, 3.8) is 0 Å². The predicted molar refractivity (Wildman–Crippen MR) is 87.5 cm³/mol. The average molecular weight is 353 g/mol. The molecular formula is C16H24ClF3N2O. The molecule has 0 bridgehead atoms. The van der Waals surface area contributed by atoms with Crippen LogP contribution in [0.15, 0.2) is 30.3 Å². The molecule has 3 N–H and O–H groups in total. The van der Waals surface area contributed by atoms with Gasteiger partial charge in [0.2, 0.25) is 5.91 Å². The molecular weight excluding hydrogens is 329 g/mol. The van der Waals surface area contributed by atoms with Crippen LogP contribution in [0.25, 0.3) is 0 Å². The number of alkyl halides is 3. The number of amides is 1. The Morgan fingerprint density at radius 3 is 2.13 bits per heavy atom. The molecule has 0 fully saturated rings. The van der Waals surface area contributed by atoms with E-state index < -0.39 is 30.0 Å². The van der Waals surface area contributed by atoms with Crippen molar-refractivity contribution >= 4 is 18.3 Å². The van der Waals surface area contributed by atoms with E-state index in [-0.39, 0.29) is 30.4 Å². The lowest BCUT2D eigenvalue weighted by Gasteiger charge is -2.34. The second kappa shape index (κ2) is 8.55. The lowest BCUT2D eigenvalue weighted by molar-refractivity contribution is -0.157. The molecule has 0 saturated heterocycles. The molecule has 0 radical (unpaired) electrons. The fraction of sp³-hybridized carbons (Fsp3) is 0.562. The Morgan fingerprint density at radius 2 is 1.74 bits per heavy atom. The number of nitrogens with two attached hydrogens (primary N) is 1. The zero-order valence-corrected chi connectivity index (χ0v) is 14.3. The minimum atomic E-state index is -4.48. The minimum Gasteiger partial charge on any atom is -0.349 e. The number of rotatable bonds is 6. The highest BCUT2D eigenvalue weighted by Gasteiger charge is 2.42. The molecule has 2 unspecified atom stereocenters. The van der Waals surface area contributed by atoms with Gasteiger partial charge in [0.25, 0.3) is 0 Å². The summed E-state index contributed by atoms with van der Waals surface area (Å²) in [5, 5.41) is 2.65. The SMILES string of the molecule is CC(C)C(C)(CN)NC(=O)CC(c1ccccc1)C(F)(F)F.Cl. The van der Waals surface area contributed by atoms with Gasteiger partial charge in [0.05, 0.1) is 11.5 Å². The number of nitrogens with one attached hydrogen (secondary N) is 1. The molecule has 1 aromatic rings. The zero-order chi connectivity index (χ0) is 17.0. The molecule has 7 heteroatoms. The first kappa shape index (κ1) is 21.7. The first-order valence-corrected chi connectivity index (χ1v) is 7.23. The molecule has 0 aliphatic carbocycles. The maximum Gasteiger partial charge on any atom is 0.396 e. The van der Waals surface area contributed by atoms with Gasteiger partial charge < -0.3 is 11.1 Å². The number of halogens is 4. The average Bonchev–Trinajstić information content (AvgIpc) is 2.44. The standard InChI is InChI=1S/C16H23F3N2O.ClH/c1-11(2)15(3,10-20)21-14(22)9-13(16(17,18)19)12-7-5-4-6-8-12;/h4-8,11,13H,9-10,20H2,1-3H3,(H,21,22);1H. The summed E-state index contributed by atoms with van der Waals surface area (Å²) in [7, 11) is 0. The molecule has 0 spiro atoms. The van der Waals surface area contributed by atoms with Crippen molar-refractivity contribution in [1.82, 2.24) is 5.32 Å². The van der Waals surface area contributed by atoms with Crippen LogP contribution in [0.1, 0.15) is 38.7 Å². The van der Waals surface area contributed by atoms with Crippen LogP contribution >= 0.6 is 12.4 Å². The van der Waals surface area contributed by atoms with Crippen LogP contribution in [0.2, 0.25) is 0 Å². The number of benzene rings is 1. The third kappa shape index (κ3) is 6.03. The van der Waals surface area contributed by atoms with Crippen LogP contribution in [0.4, 0.5) is 13.2 Å². The van der Waals surface area contributed by atoms with Crippen LogP contribution in [0, 0.1) is 5.92 Å². The van der Waals surface area contributed by atoms with Gasteiger partial charge in [-0.25, -0.2) is 0 Å². The predicted octanol–water partition coefficient (Wildman–Crippen LogP) is 3.63. The largest absolute Gasteiger partial charge is 0.396 e. The summed E-state index contributed by atoms with van der Waals surface area (Å²) in [5.74, 6) is -2.45. The molecule has 2 atom stereocenters. The smallest absolute Gasteiger partial charge is 0.349 e. The Labute approximate surface area is 141 Å². The normalized spacial score (nSPS) is 15.5. The van der Waals surface area contributed by atoms with Crippen molar-refractivity contribution in [1.29, 1.82) is 0 Å². The van der Waals surface area contributed by atoms with E-state index in [4.69, 9.17) is 5.73 Å². The lowest BCUT2D eigenvalue weighted by Crippen LogP contribution is -2.55. The molecule has 132 valence electrons. The molecule has 0 aromatic heterocycles. The van der Waals surface area contributed by atoms with Gasteiger partial charge in [-0.3, -0.25) is 4.79 Å². The van der Waals surface area contributed by atoms with Gasteiger partial charge in [0, 0.05) is 13.0 Å². The van der Waals surface area contributed by atoms with Crippen LogP contribution < -0.4 is 11.1 Å². The van der Waals surface area contributed by atoms with Crippen molar-refractivity contribution in [2.45, 2.75) is 44.8 Å². The summed E-state index contributed by atoms with van der Waals surface area (Å²) in [6, 6.07) is 7.47. The Hall–Kier alpha value is -1.27. The van der Waals surface area contributed by atoms with E-state index in [1.807, 2.05) is 13.8 Å². The highest BCUT2D eigenvalue weighted by molar-refractivity contribution is 5.85. The number of hydrogen-bond acceptors (Lipinski definition) is 2. The van der Waals surface area contributed by atoms with Crippen LogP contribution in [-0.4, -0.2) is 24.2 Å². The van der Waals surface area contributed by atoms with E-state index in [9.17, 15) is 18.0 Å². The molecule has 0 aliphatic heterocycles. The maximum atomic E-state index is 13.2. The fourth-order valence-corrected chi connectivity index (χ4v) is 2.09. The maximum absolute atomic E-state index is 13.2. The summed E-state index contributed by atoms with van der Waals surface area (Å²) < 4.78 is 39.7. The van der Waals surface area contributed by atoms with Crippen molar-refractivity contribution in [2.24, 2.45) is 11.7 Å². The van der Waals surface area contributed by atoms with Crippen LogP contribution in [0.5, 0.6) is 0 Å². The molecule has 0 heterocycles. The van der Waals surface area contributed by atoms with Crippen molar-refractivity contribution in [3.05, 3.63) is 35.9 Å². The van der Waals surface area contributed by atoms with E-state index in [0.717, 1.165) is 0 Å². The van der Waals surface area contributed by atoms with Gasteiger partial charge in [0.1, 0.15) is 0 Å².